The second-order valence-corrected chi connectivity index (χ2v) is 7.79. The van der Waals surface area contributed by atoms with E-state index in [4.69, 9.17) is 4.42 Å². The fraction of sp³-hybridized carbons (Fsp3) is 0.348. The average Bonchev–Trinajstić information content (AvgIpc) is 3.33. The summed E-state index contributed by atoms with van der Waals surface area (Å²) in [5.41, 5.74) is 5.78. The monoisotopic (exact) mass is 376 g/mol. The predicted molar refractivity (Wildman–Crippen MR) is 109 cm³/mol. The molecule has 5 heteroatoms. The number of anilines is 1. The van der Waals surface area contributed by atoms with Gasteiger partial charge in [-0.2, -0.15) is 0 Å². The van der Waals surface area contributed by atoms with Gasteiger partial charge < -0.3 is 19.3 Å². The number of benzene rings is 2. The van der Waals surface area contributed by atoms with Crippen LogP contribution in [0.3, 0.4) is 0 Å². The number of rotatable bonds is 3. The smallest absolute Gasteiger partial charge is 0.227 e. The first-order valence-corrected chi connectivity index (χ1v) is 10.0. The lowest BCUT2D eigenvalue weighted by Crippen LogP contribution is -2.49. The summed E-state index contributed by atoms with van der Waals surface area (Å²) in [4.78, 5) is 17.1. The van der Waals surface area contributed by atoms with Crippen LogP contribution in [0.1, 0.15) is 23.1 Å². The highest BCUT2D eigenvalue weighted by Gasteiger charge is 2.23. The molecule has 1 aliphatic carbocycles. The Morgan fingerprint density at radius 1 is 1.00 bits per heavy atom. The maximum Gasteiger partial charge on any atom is 0.227 e. The number of hydrogen-bond donors (Lipinski definition) is 1. The van der Waals surface area contributed by atoms with E-state index in [2.05, 4.69) is 17.0 Å². The van der Waals surface area contributed by atoms with Crippen molar-refractivity contribution in [2.45, 2.75) is 25.7 Å². The molecule has 2 aromatic carbocycles. The number of phenols is 1. The summed E-state index contributed by atoms with van der Waals surface area (Å²) < 4.78 is 5.75. The quantitative estimate of drug-likeness (QED) is 0.760. The molecular weight excluding hydrogens is 352 g/mol. The van der Waals surface area contributed by atoms with Gasteiger partial charge in [0.1, 0.15) is 11.3 Å². The second kappa shape index (κ2) is 6.89. The molecule has 0 spiro atoms. The number of carbonyl (C=O) groups excluding carboxylic acids is 1. The van der Waals surface area contributed by atoms with Crippen LogP contribution in [0.4, 0.5) is 5.69 Å². The van der Waals surface area contributed by atoms with Gasteiger partial charge in [0.25, 0.3) is 0 Å². The van der Waals surface area contributed by atoms with Crippen LogP contribution in [0.15, 0.2) is 47.1 Å². The van der Waals surface area contributed by atoms with Gasteiger partial charge in [0.2, 0.25) is 5.91 Å². The maximum atomic E-state index is 12.9. The second-order valence-electron chi connectivity index (χ2n) is 7.79. The van der Waals surface area contributed by atoms with E-state index in [1.807, 2.05) is 17.0 Å². The first-order chi connectivity index (χ1) is 13.7. The third-order valence-electron chi connectivity index (χ3n) is 6.06. The van der Waals surface area contributed by atoms with Crippen LogP contribution in [0, 0.1) is 0 Å². The van der Waals surface area contributed by atoms with Gasteiger partial charge in [-0.1, -0.05) is 0 Å². The lowest BCUT2D eigenvalue weighted by Gasteiger charge is -2.36. The summed E-state index contributed by atoms with van der Waals surface area (Å²) >= 11 is 0. The van der Waals surface area contributed by atoms with E-state index in [-0.39, 0.29) is 11.7 Å². The molecule has 0 saturated carbocycles. The molecule has 0 unspecified atom stereocenters. The molecule has 144 valence electrons. The Bertz CT molecular complexity index is 1010. The van der Waals surface area contributed by atoms with Gasteiger partial charge in [-0.05, 0) is 66.8 Å². The van der Waals surface area contributed by atoms with Crippen molar-refractivity contribution in [3.8, 4) is 5.75 Å². The minimum Gasteiger partial charge on any atom is -0.508 e. The van der Waals surface area contributed by atoms with E-state index in [0.717, 1.165) is 48.2 Å². The van der Waals surface area contributed by atoms with E-state index in [1.54, 1.807) is 18.4 Å². The minimum absolute atomic E-state index is 0.161. The number of aryl methyl sites for hydroxylation is 2. The molecule has 2 heterocycles. The average molecular weight is 376 g/mol. The van der Waals surface area contributed by atoms with Crippen molar-refractivity contribution in [2.75, 3.05) is 31.1 Å². The summed E-state index contributed by atoms with van der Waals surface area (Å²) in [5.74, 6) is 0.434. The molecule has 0 radical (unpaired) electrons. The zero-order valence-corrected chi connectivity index (χ0v) is 15.9. The summed E-state index contributed by atoms with van der Waals surface area (Å²) in [6.07, 6.45) is 5.62. The molecule has 5 rings (SSSR count). The number of carbonyl (C=O) groups is 1. The van der Waals surface area contributed by atoms with Crippen molar-refractivity contribution in [3.63, 3.8) is 0 Å². The molecule has 0 atom stereocenters. The zero-order valence-electron chi connectivity index (χ0n) is 15.9. The number of phenolic OH excluding ortho intramolecular Hbond substituents is 1. The Balaban J connectivity index is 1.25. The highest BCUT2D eigenvalue weighted by atomic mass is 16.3. The van der Waals surface area contributed by atoms with Crippen LogP contribution in [0.2, 0.25) is 0 Å². The maximum absolute atomic E-state index is 12.9. The van der Waals surface area contributed by atoms with Gasteiger partial charge in [-0.3, -0.25) is 4.79 Å². The fourth-order valence-electron chi connectivity index (χ4n) is 4.44. The number of aromatic hydroxyl groups is 1. The summed E-state index contributed by atoms with van der Waals surface area (Å²) in [5, 5.41) is 10.5. The number of piperazine rings is 1. The van der Waals surface area contributed by atoms with Crippen molar-refractivity contribution in [3.05, 3.63) is 59.4 Å². The molecular formula is C23H24N2O3. The largest absolute Gasteiger partial charge is 0.508 e. The fourth-order valence-corrected chi connectivity index (χ4v) is 4.44. The highest BCUT2D eigenvalue weighted by Crippen LogP contribution is 2.31. The molecule has 5 nitrogen and oxygen atoms in total. The Morgan fingerprint density at radius 3 is 2.46 bits per heavy atom. The molecule has 28 heavy (non-hydrogen) atoms. The number of amides is 1. The zero-order chi connectivity index (χ0) is 19.1. The van der Waals surface area contributed by atoms with Gasteiger partial charge in [0.15, 0.2) is 0 Å². The number of fused-ring (bicyclic) bond motifs is 2. The van der Waals surface area contributed by atoms with Gasteiger partial charge >= 0.3 is 0 Å². The van der Waals surface area contributed by atoms with Crippen molar-refractivity contribution in [1.29, 1.82) is 0 Å². The molecule has 1 aliphatic heterocycles. The molecule has 1 N–H and O–H groups in total. The van der Waals surface area contributed by atoms with Crippen LogP contribution in [-0.4, -0.2) is 42.1 Å². The predicted octanol–water partition coefficient (Wildman–Crippen LogP) is 3.52. The lowest BCUT2D eigenvalue weighted by atomic mass is 10.0. The van der Waals surface area contributed by atoms with Gasteiger partial charge in [0, 0.05) is 42.8 Å². The number of furan rings is 1. The Kier molecular flexibility index (Phi) is 4.23. The van der Waals surface area contributed by atoms with E-state index < -0.39 is 0 Å². The summed E-state index contributed by atoms with van der Waals surface area (Å²) in [6, 6.07) is 11.6. The Hall–Kier alpha value is -2.95. The lowest BCUT2D eigenvalue weighted by molar-refractivity contribution is -0.130. The molecule has 1 amide bonds. The van der Waals surface area contributed by atoms with Gasteiger partial charge in [-0.25, -0.2) is 0 Å². The van der Waals surface area contributed by atoms with Crippen molar-refractivity contribution in [1.82, 2.24) is 4.90 Å². The van der Waals surface area contributed by atoms with Crippen LogP contribution in [0.5, 0.6) is 5.75 Å². The molecule has 0 bridgehead atoms. The highest BCUT2D eigenvalue weighted by molar-refractivity contribution is 5.88. The molecule has 2 aliphatic rings. The summed E-state index contributed by atoms with van der Waals surface area (Å²) in [6.45, 7) is 3.03. The van der Waals surface area contributed by atoms with Gasteiger partial charge in [-0.15, -0.1) is 0 Å². The van der Waals surface area contributed by atoms with E-state index in [1.165, 1.54) is 17.5 Å². The van der Waals surface area contributed by atoms with Crippen LogP contribution in [0.25, 0.3) is 11.0 Å². The van der Waals surface area contributed by atoms with Crippen molar-refractivity contribution in [2.24, 2.45) is 0 Å². The Morgan fingerprint density at radius 2 is 1.71 bits per heavy atom. The molecule has 3 aromatic rings. The summed E-state index contributed by atoms with van der Waals surface area (Å²) in [7, 11) is 0. The number of hydrogen-bond acceptors (Lipinski definition) is 4. The van der Waals surface area contributed by atoms with Crippen LogP contribution >= 0.6 is 0 Å². The van der Waals surface area contributed by atoms with E-state index in [9.17, 15) is 9.90 Å². The minimum atomic E-state index is 0.161. The SMILES string of the molecule is O=C(Cc1coc2cc3c(cc12)CCC3)N1CCN(c2ccc(O)cc2)CC1. The van der Waals surface area contributed by atoms with Crippen LogP contribution < -0.4 is 4.90 Å². The van der Waals surface area contributed by atoms with E-state index >= 15 is 0 Å². The standard InChI is InChI=1S/C23H24N2O3/c26-20-6-4-19(5-7-20)24-8-10-25(11-9-24)23(27)14-18-15-28-22-13-17-3-1-2-16(17)12-21(18)22/h4-7,12-13,15,26H,1-3,8-11,14H2. The third-order valence-corrected chi connectivity index (χ3v) is 6.06. The van der Waals surface area contributed by atoms with Gasteiger partial charge in [0.05, 0.1) is 12.7 Å². The molecule has 1 saturated heterocycles. The number of nitrogens with zero attached hydrogens (tertiary/aromatic N) is 2. The first kappa shape index (κ1) is 17.2. The van der Waals surface area contributed by atoms with Crippen molar-refractivity contribution < 1.29 is 14.3 Å². The third kappa shape index (κ3) is 3.11. The molecule has 1 aromatic heterocycles. The molecule has 1 fully saturated rings. The normalized spacial score (nSPS) is 16.6. The first-order valence-electron chi connectivity index (χ1n) is 10.0. The topological polar surface area (TPSA) is 56.9 Å². The van der Waals surface area contributed by atoms with E-state index in [0.29, 0.717) is 19.5 Å². The Labute approximate surface area is 164 Å². The van der Waals surface area contributed by atoms with Crippen LogP contribution in [-0.2, 0) is 24.1 Å². The van der Waals surface area contributed by atoms with Crippen molar-refractivity contribution >= 4 is 22.6 Å².